The van der Waals surface area contributed by atoms with E-state index in [4.69, 9.17) is 8.85 Å². The fourth-order valence-electron chi connectivity index (χ4n) is 3.84. The summed E-state index contributed by atoms with van der Waals surface area (Å²) in [6, 6.07) is 22.8. The van der Waals surface area contributed by atoms with Crippen LogP contribution >= 0.6 is 0 Å². The Balaban J connectivity index is 1.62. The highest BCUT2D eigenvalue weighted by Crippen LogP contribution is 2.25. The zero-order valence-corrected chi connectivity index (χ0v) is 21.2. The molecule has 0 aromatic heterocycles. The lowest BCUT2D eigenvalue weighted by Crippen LogP contribution is -2.44. The molecule has 0 aliphatic heterocycles. The molecule has 0 spiro atoms. The predicted molar refractivity (Wildman–Crippen MR) is 131 cm³/mol. The van der Waals surface area contributed by atoms with E-state index < -0.39 is 16.6 Å². The van der Waals surface area contributed by atoms with Crippen LogP contribution in [0.3, 0.4) is 0 Å². The summed E-state index contributed by atoms with van der Waals surface area (Å²) in [5.41, 5.74) is 2.45. The standard InChI is InChI=1S/C25H38O3Si2/c1-29(2,20-12-11-16-23-14-7-5-8-15-23)28-30(3,4)21-13-19-25(26)27-22-24-17-9-6-10-18-24/h5-10,14-15,17-18H,11-13,16,19-22H2,1-4H3. The van der Waals surface area contributed by atoms with Gasteiger partial charge in [-0.15, -0.1) is 0 Å². The van der Waals surface area contributed by atoms with E-state index in [1.54, 1.807) is 0 Å². The minimum Gasteiger partial charge on any atom is -0.461 e. The van der Waals surface area contributed by atoms with Gasteiger partial charge >= 0.3 is 5.97 Å². The van der Waals surface area contributed by atoms with Crippen LogP contribution in [-0.4, -0.2) is 22.6 Å². The Morgan fingerprint density at radius 1 is 0.733 bits per heavy atom. The van der Waals surface area contributed by atoms with Gasteiger partial charge in [-0.05, 0) is 68.7 Å². The molecule has 0 heterocycles. The van der Waals surface area contributed by atoms with Gasteiger partial charge in [-0.2, -0.15) is 0 Å². The van der Waals surface area contributed by atoms with Crippen molar-refractivity contribution < 1.29 is 13.6 Å². The molecule has 0 aliphatic carbocycles. The summed E-state index contributed by atoms with van der Waals surface area (Å²) < 4.78 is 12.1. The van der Waals surface area contributed by atoms with Crippen molar-refractivity contribution in [3.05, 3.63) is 71.8 Å². The summed E-state index contributed by atoms with van der Waals surface area (Å²) in [5.74, 6) is -0.110. The summed E-state index contributed by atoms with van der Waals surface area (Å²) in [7, 11) is -3.43. The fraction of sp³-hybridized carbons (Fsp3) is 0.480. The first-order chi connectivity index (χ1) is 14.3. The molecule has 0 amide bonds. The summed E-state index contributed by atoms with van der Waals surface area (Å²) in [6.07, 6.45) is 4.93. The van der Waals surface area contributed by atoms with Gasteiger partial charge in [0.2, 0.25) is 0 Å². The van der Waals surface area contributed by atoms with Crippen LogP contribution in [0.2, 0.25) is 38.3 Å². The minimum atomic E-state index is -1.76. The van der Waals surface area contributed by atoms with E-state index in [-0.39, 0.29) is 5.97 Å². The number of aryl methyl sites for hydroxylation is 1. The molecular formula is C25H38O3Si2. The molecule has 164 valence electrons. The first kappa shape index (κ1) is 24.6. The van der Waals surface area contributed by atoms with E-state index >= 15 is 0 Å². The number of benzene rings is 2. The molecule has 2 rings (SSSR count). The number of ether oxygens (including phenoxy) is 1. The van der Waals surface area contributed by atoms with E-state index in [0.717, 1.165) is 24.4 Å². The van der Waals surface area contributed by atoms with Gasteiger partial charge in [-0.3, -0.25) is 4.79 Å². The lowest BCUT2D eigenvalue weighted by atomic mass is 10.1. The van der Waals surface area contributed by atoms with Crippen molar-refractivity contribution in [3.8, 4) is 0 Å². The first-order valence-corrected chi connectivity index (χ1v) is 17.4. The number of carbonyl (C=O) groups excluding carboxylic acids is 1. The number of rotatable bonds is 13. The average Bonchev–Trinajstić information content (AvgIpc) is 2.70. The van der Waals surface area contributed by atoms with Gasteiger partial charge in [0.25, 0.3) is 0 Å². The molecule has 3 nitrogen and oxygen atoms in total. The van der Waals surface area contributed by atoms with Gasteiger partial charge < -0.3 is 8.85 Å². The Bertz CT molecular complexity index is 746. The van der Waals surface area contributed by atoms with Crippen LogP contribution in [0.25, 0.3) is 0 Å². The Morgan fingerprint density at radius 3 is 1.87 bits per heavy atom. The number of carbonyl (C=O) groups is 1. The summed E-state index contributed by atoms with van der Waals surface area (Å²) in [4.78, 5) is 12.0. The smallest absolute Gasteiger partial charge is 0.306 e. The highest BCUT2D eigenvalue weighted by Gasteiger charge is 2.32. The van der Waals surface area contributed by atoms with Crippen molar-refractivity contribution >= 4 is 22.6 Å². The molecular weight excluding hydrogens is 404 g/mol. The second-order valence-corrected chi connectivity index (χ2v) is 18.2. The molecule has 0 aliphatic rings. The van der Waals surface area contributed by atoms with Crippen LogP contribution in [0.4, 0.5) is 0 Å². The third-order valence-electron chi connectivity index (χ3n) is 5.29. The van der Waals surface area contributed by atoms with E-state index in [9.17, 15) is 4.79 Å². The monoisotopic (exact) mass is 442 g/mol. The number of unbranched alkanes of at least 4 members (excludes halogenated alkanes) is 1. The molecule has 0 unspecified atom stereocenters. The Kier molecular flexibility index (Phi) is 10.0. The molecule has 5 heteroatoms. The summed E-state index contributed by atoms with van der Waals surface area (Å²) in [6.45, 7) is 9.64. The Labute approximate surface area is 185 Å². The maximum atomic E-state index is 12.0. The molecule has 0 fully saturated rings. The third-order valence-corrected chi connectivity index (χ3v) is 12.8. The average molecular weight is 443 g/mol. The molecule has 0 N–H and O–H groups in total. The second kappa shape index (κ2) is 12.2. The lowest BCUT2D eigenvalue weighted by Gasteiger charge is -2.34. The van der Waals surface area contributed by atoms with Crippen LogP contribution in [0, 0.1) is 0 Å². The molecule has 0 bridgehead atoms. The maximum Gasteiger partial charge on any atom is 0.306 e. The Hall–Kier alpha value is -1.70. The van der Waals surface area contributed by atoms with Crippen molar-refractivity contribution in [3.63, 3.8) is 0 Å². The van der Waals surface area contributed by atoms with Crippen molar-refractivity contribution in [2.75, 3.05) is 0 Å². The van der Waals surface area contributed by atoms with E-state index in [1.807, 2.05) is 30.3 Å². The van der Waals surface area contributed by atoms with Gasteiger partial charge in [0.15, 0.2) is 16.6 Å². The topological polar surface area (TPSA) is 35.5 Å². The highest BCUT2D eigenvalue weighted by molar-refractivity contribution is 6.84. The van der Waals surface area contributed by atoms with Crippen molar-refractivity contribution in [2.24, 2.45) is 0 Å². The first-order valence-electron chi connectivity index (χ1n) is 11.2. The number of esters is 1. The molecule has 2 aromatic carbocycles. The summed E-state index contributed by atoms with van der Waals surface area (Å²) in [5, 5.41) is 0. The largest absolute Gasteiger partial charge is 0.461 e. The predicted octanol–water partition coefficient (Wildman–Crippen LogP) is 6.96. The molecule has 0 radical (unpaired) electrons. The van der Waals surface area contributed by atoms with Gasteiger partial charge in [0, 0.05) is 6.42 Å². The molecule has 2 aromatic rings. The normalized spacial score (nSPS) is 12.0. The van der Waals surface area contributed by atoms with Gasteiger partial charge in [0.1, 0.15) is 6.61 Å². The van der Waals surface area contributed by atoms with Gasteiger partial charge in [0.05, 0.1) is 0 Å². The van der Waals surface area contributed by atoms with Crippen LogP contribution in [-0.2, 0) is 26.7 Å². The van der Waals surface area contributed by atoms with Crippen molar-refractivity contribution in [2.45, 2.75) is 77.0 Å². The lowest BCUT2D eigenvalue weighted by molar-refractivity contribution is -0.145. The second-order valence-electron chi connectivity index (χ2n) is 9.31. The van der Waals surface area contributed by atoms with Gasteiger partial charge in [-0.1, -0.05) is 67.1 Å². The fourth-order valence-corrected chi connectivity index (χ4v) is 12.8. The van der Waals surface area contributed by atoms with Crippen LogP contribution < -0.4 is 0 Å². The molecule has 30 heavy (non-hydrogen) atoms. The minimum absolute atomic E-state index is 0.110. The van der Waals surface area contributed by atoms with Crippen molar-refractivity contribution in [1.29, 1.82) is 0 Å². The molecule has 0 saturated carbocycles. The zero-order valence-electron chi connectivity index (χ0n) is 19.2. The van der Waals surface area contributed by atoms with E-state index in [2.05, 4.69) is 56.5 Å². The molecule has 0 saturated heterocycles. The van der Waals surface area contributed by atoms with Crippen LogP contribution in [0.1, 0.15) is 36.8 Å². The van der Waals surface area contributed by atoms with E-state index in [0.29, 0.717) is 13.0 Å². The summed E-state index contributed by atoms with van der Waals surface area (Å²) >= 11 is 0. The van der Waals surface area contributed by atoms with E-state index in [1.165, 1.54) is 24.4 Å². The SMILES string of the molecule is C[Si](C)(CCCCc1ccccc1)O[Si](C)(C)CCCC(=O)OCc1ccccc1. The quantitative estimate of drug-likeness (QED) is 0.191. The zero-order chi connectivity index (χ0) is 21.9. The van der Waals surface area contributed by atoms with Crippen LogP contribution in [0.15, 0.2) is 60.7 Å². The Morgan fingerprint density at radius 2 is 1.27 bits per heavy atom. The number of hydrogen-bond donors (Lipinski definition) is 0. The highest BCUT2D eigenvalue weighted by atomic mass is 28.4. The number of hydrogen-bond acceptors (Lipinski definition) is 3. The van der Waals surface area contributed by atoms with Crippen LogP contribution in [0.5, 0.6) is 0 Å². The van der Waals surface area contributed by atoms with Crippen molar-refractivity contribution in [1.82, 2.24) is 0 Å². The maximum absolute atomic E-state index is 12.0. The van der Waals surface area contributed by atoms with Gasteiger partial charge in [-0.25, -0.2) is 0 Å². The molecule has 0 atom stereocenters. The third kappa shape index (κ3) is 10.4.